The summed E-state index contributed by atoms with van der Waals surface area (Å²) in [6.07, 6.45) is 10.4. The molecule has 0 aliphatic heterocycles. The van der Waals surface area contributed by atoms with Gasteiger partial charge in [0, 0.05) is 11.8 Å². The number of nitrogens with one attached hydrogen (secondary N) is 2. The molecule has 0 unspecified atom stereocenters. The normalized spacial score (nSPS) is 21.0. The van der Waals surface area contributed by atoms with Gasteiger partial charge in [0.15, 0.2) is 0 Å². The summed E-state index contributed by atoms with van der Waals surface area (Å²) < 4.78 is 0. The summed E-state index contributed by atoms with van der Waals surface area (Å²) in [5.41, 5.74) is 7.16. The fraction of sp³-hybridized carbons (Fsp3) is 0.536. The minimum atomic E-state index is -0.916. The Balaban J connectivity index is 0.000000241. The number of benzene rings is 4. The number of amides is 2. The Bertz CT molecular complexity index is 1830. The highest BCUT2D eigenvalue weighted by molar-refractivity contribution is 5.79. The van der Waals surface area contributed by atoms with Crippen LogP contribution in [0.25, 0.3) is 0 Å². The molecule has 4 aromatic rings. The second-order valence-electron chi connectivity index (χ2n) is 20.7. The van der Waals surface area contributed by atoms with Crippen molar-refractivity contribution in [3.05, 3.63) is 143 Å². The quantitative estimate of drug-likeness (QED) is 0.0663. The summed E-state index contributed by atoms with van der Waals surface area (Å²) >= 11 is 0. The van der Waals surface area contributed by atoms with Gasteiger partial charge in [-0.05, 0) is 107 Å². The van der Waals surface area contributed by atoms with Crippen LogP contribution in [0.4, 0.5) is 0 Å². The molecule has 64 heavy (non-hydrogen) atoms. The predicted molar refractivity (Wildman–Crippen MR) is 259 cm³/mol. The Labute approximate surface area is 384 Å². The summed E-state index contributed by atoms with van der Waals surface area (Å²) in [4.78, 5) is 25.8. The van der Waals surface area contributed by atoms with Crippen LogP contribution in [0.15, 0.2) is 109 Å². The van der Waals surface area contributed by atoms with Gasteiger partial charge in [-0.25, -0.2) is 0 Å². The molecule has 0 radical (unpaired) electrons. The average Bonchev–Trinajstić information content (AvgIpc) is 3.31. The SMILES string of the molecule is CC(C)(C)c1ccc(CC[C@@H]2CCC[C@H](C(=O)N[C@H](CO)[C@H](O)c3ccccc3)C2)cc1.CC(C)(C)c1ccc(CC[C@H]2CCC[C@@H](C(=O)N[C@H](CO)[C@H](O)c3ccccc3)C2)cc1. The van der Waals surface area contributed by atoms with E-state index >= 15 is 0 Å². The molecule has 6 N–H and O–H groups in total. The Morgan fingerprint density at radius 2 is 0.875 bits per heavy atom. The highest BCUT2D eigenvalue weighted by Gasteiger charge is 2.32. The molecule has 8 atom stereocenters. The molecule has 2 saturated carbocycles. The smallest absolute Gasteiger partial charge is 0.223 e. The molecule has 8 heteroatoms. The Hall–Kier alpha value is -4.34. The van der Waals surface area contributed by atoms with E-state index in [9.17, 15) is 30.0 Å². The van der Waals surface area contributed by atoms with E-state index in [1.165, 1.54) is 35.1 Å². The lowest BCUT2D eigenvalue weighted by molar-refractivity contribution is -0.129. The summed E-state index contributed by atoms with van der Waals surface area (Å²) in [5.74, 6) is 0.890. The van der Waals surface area contributed by atoms with Gasteiger partial charge in [0.25, 0.3) is 0 Å². The van der Waals surface area contributed by atoms with Crippen molar-refractivity contribution in [2.75, 3.05) is 13.2 Å². The monoisotopic (exact) mass is 875 g/mol. The van der Waals surface area contributed by atoms with E-state index in [-0.39, 0.29) is 47.7 Å². The predicted octanol–water partition coefficient (Wildman–Crippen LogP) is 9.87. The van der Waals surface area contributed by atoms with Crippen molar-refractivity contribution in [1.29, 1.82) is 0 Å². The van der Waals surface area contributed by atoms with Crippen LogP contribution >= 0.6 is 0 Å². The standard InChI is InChI=1S/2C28H39NO3/c2*1-28(2,3)24-16-14-20(15-17-24)12-13-21-8-7-11-23(18-21)27(32)29-25(19-30)26(31)22-9-5-4-6-10-22/h2*4-6,9-10,14-17,21,23,25-26,30-31H,7-8,11-13,18-19H2,1-3H3,(H,29,32)/t21-,23-,25+,26+;21-,23-,25-,26-/m01/s1. The molecule has 2 aliphatic rings. The van der Waals surface area contributed by atoms with Crippen LogP contribution in [0.5, 0.6) is 0 Å². The number of carbonyl (C=O) groups excluding carboxylic acids is 2. The van der Waals surface area contributed by atoms with Crippen molar-refractivity contribution in [2.45, 2.75) is 154 Å². The number of aliphatic hydroxyl groups is 4. The third-order valence-electron chi connectivity index (χ3n) is 13.7. The van der Waals surface area contributed by atoms with Crippen LogP contribution in [0.1, 0.15) is 151 Å². The van der Waals surface area contributed by atoms with Gasteiger partial charge in [0.2, 0.25) is 11.8 Å². The molecule has 2 fully saturated rings. The zero-order chi connectivity index (χ0) is 46.3. The number of aryl methyl sites for hydroxylation is 2. The number of carbonyl (C=O) groups is 2. The molecule has 0 bridgehead atoms. The average molecular weight is 875 g/mol. The second-order valence-corrected chi connectivity index (χ2v) is 20.7. The summed E-state index contributed by atoms with van der Waals surface area (Å²) in [7, 11) is 0. The lowest BCUT2D eigenvalue weighted by Gasteiger charge is -2.31. The number of aliphatic hydroxyl groups excluding tert-OH is 4. The van der Waals surface area contributed by atoms with Crippen molar-refractivity contribution in [3.8, 4) is 0 Å². The zero-order valence-electron chi connectivity index (χ0n) is 39.5. The van der Waals surface area contributed by atoms with E-state index in [4.69, 9.17) is 0 Å². The minimum absolute atomic E-state index is 0.0433. The summed E-state index contributed by atoms with van der Waals surface area (Å²) in [6, 6.07) is 34.9. The lowest BCUT2D eigenvalue weighted by atomic mass is 9.78. The Morgan fingerprint density at radius 3 is 1.19 bits per heavy atom. The molecule has 2 aliphatic carbocycles. The van der Waals surface area contributed by atoms with Gasteiger partial charge >= 0.3 is 0 Å². The first kappa shape index (κ1) is 50.7. The van der Waals surface area contributed by atoms with Gasteiger partial charge in [0.1, 0.15) is 12.2 Å². The maximum Gasteiger partial charge on any atom is 0.223 e. The minimum Gasteiger partial charge on any atom is -0.394 e. The Morgan fingerprint density at radius 1 is 0.531 bits per heavy atom. The molecule has 0 aromatic heterocycles. The van der Waals surface area contributed by atoms with Crippen LogP contribution in [0.2, 0.25) is 0 Å². The van der Waals surface area contributed by atoms with Gasteiger partial charge in [-0.2, -0.15) is 0 Å². The molecular weight excluding hydrogens is 797 g/mol. The molecule has 2 amide bonds. The van der Waals surface area contributed by atoms with E-state index in [0.717, 1.165) is 64.2 Å². The van der Waals surface area contributed by atoms with Crippen LogP contribution in [0, 0.1) is 23.7 Å². The van der Waals surface area contributed by atoms with Crippen molar-refractivity contribution >= 4 is 11.8 Å². The van der Waals surface area contributed by atoms with Gasteiger partial charge in [-0.15, -0.1) is 0 Å². The first-order chi connectivity index (χ1) is 30.5. The summed E-state index contributed by atoms with van der Waals surface area (Å²) in [6.45, 7) is 12.8. The second kappa shape index (κ2) is 24.3. The highest BCUT2D eigenvalue weighted by Crippen LogP contribution is 2.35. The fourth-order valence-electron chi connectivity index (χ4n) is 9.48. The zero-order valence-corrected chi connectivity index (χ0v) is 39.5. The lowest BCUT2D eigenvalue weighted by Crippen LogP contribution is -2.45. The molecule has 0 saturated heterocycles. The topological polar surface area (TPSA) is 139 Å². The van der Waals surface area contributed by atoms with E-state index in [2.05, 4.69) is 101 Å². The van der Waals surface area contributed by atoms with Gasteiger partial charge < -0.3 is 31.1 Å². The Kier molecular flexibility index (Phi) is 19.2. The molecule has 348 valence electrons. The molecule has 0 heterocycles. The third kappa shape index (κ3) is 15.4. The first-order valence-electron chi connectivity index (χ1n) is 24.0. The summed E-state index contributed by atoms with van der Waals surface area (Å²) in [5, 5.41) is 46.5. The van der Waals surface area contributed by atoms with Crippen LogP contribution in [-0.4, -0.2) is 57.5 Å². The number of hydrogen-bond donors (Lipinski definition) is 6. The maximum atomic E-state index is 12.9. The van der Waals surface area contributed by atoms with E-state index < -0.39 is 24.3 Å². The van der Waals surface area contributed by atoms with E-state index in [0.29, 0.717) is 23.0 Å². The van der Waals surface area contributed by atoms with Crippen LogP contribution in [0.3, 0.4) is 0 Å². The highest BCUT2D eigenvalue weighted by atomic mass is 16.3. The van der Waals surface area contributed by atoms with Gasteiger partial charge in [-0.1, -0.05) is 176 Å². The van der Waals surface area contributed by atoms with Crippen molar-refractivity contribution in [3.63, 3.8) is 0 Å². The first-order valence-corrected chi connectivity index (χ1v) is 24.0. The molecule has 0 spiro atoms. The third-order valence-corrected chi connectivity index (χ3v) is 13.7. The fourth-order valence-corrected chi connectivity index (χ4v) is 9.48. The van der Waals surface area contributed by atoms with Gasteiger partial charge in [0.05, 0.1) is 25.3 Å². The van der Waals surface area contributed by atoms with Crippen molar-refractivity contribution in [2.24, 2.45) is 23.7 Å². The number of rotatable bonds is 16. The largest absolute Gasteiger partial charge is 0.394 e. The van der Waals surface area contributed by atoms with E-state index in [1.54, 1.807) is 0 Å². The van der Waals surface area contributed by atoms with Crippen LogP contribution < -0.4 is 10.6 Å². The van der Waals surface area contributed by atoms with Crippen molar-refractivity contribution < 1.29 is 30.0 Å². The maximum absolute atomic E-state index is 12.9. The number of hydrogen-bond acceptors (Lipinski definition) is 6. The van der Waals surface area contributed by atoms with Crippen molar-refractivity contribution in [1.82, 2.24) is 10.6 Å². The van der Waals surface area contributed by atoms with E-state index in [1.807, 2.05) is 60.7 Å². The molecule has 8 nitrogen and oxygen atoms in total. The molecule has 6 rings (SSSR count). The van der Waals surface area contributed by atoms with Gasteiger partial charge in [-0.3, -0.25) is 9.59 Å². The van der Waals surface area contributed by atoms with Crippen LogP contribution in [-0.2, 0) is 33.3 Å². The molecular formula is C56H78N2O6. The molecule has 4 aromatic carbocycles.